The quantitative estimate of drug-likeness (QED) is 0.152. The Morgan fingerprint density at radius 2 is 0.357 bits per heavy atom. The van der Waals surface area contributed by atoms with Gasteiger partial charge in [-0.05, 0) is 277 Å². The van der Waals surface area contributed by atoms with Crippen molar-refractivity contribution in [3.63, 3.8) is 0 Å². The van der Waals surface area contributed by atoms with E-state index in [-0.39, 0.29) is 43.3 Å². The zero-order chi connectivity index (χ0) is 74.6. The molecule has 0 unspecified atom stereocenters. The molecule has 4 heteroatoms. The van der Waals surface area contributed by atoms with Gasteiger partial charge in [-0.15, -0.1) is 0 Å². The monoisotopic (exact) mass is 1330 g/mol. The largest absolute Gasteiger partial charge is 0.252 e. The van der Waals surface area contributed by atoms with E-state index in [1.165, 1.54) is 223 Å². The second-order valence-corrected chi connectivity index (χ2v) is 36.5. The maximum atomic E-state index is 5.18. The van der Waals surface area contributed by atoms with Gasteiger partial charge in [-0.25, -0.2) is 0 Å². The number of hydrogen-bond acceptors (Lipinski definition) is 4. The van der Waals surface area contributed by atoms with Crippen molar-refractivity contribution in [2.75, 3.05) is 0 Å². The van der Waals surface area contributed by atoms with E-state index in [2.05, 4.69) is 242 Å². The molecule has 4 nitrogen and oxygen atoms in total. The molecule has 0 N–H and O–H groups in total. The third-order valence-corrected chi connectivity index (χ3v) is 20.4. The summed E-state index contributed by atoms with van der Waals surface area (Å²) in [4.78, 5) is 20.6. The first kappa shape index (κ1) is 83.2. The number of nitrogens with zero attached hydrogens (tertiary/aromatic N) is 4. The Hall–Kier alpha value is -5.48. The predicted octanol–water partition coefficient (Wildman–Crippen LogP) is 27.4. The van der Waals surface area contributed by atoms with E-state index < -0.39 is 0 Å². The van der Waals surface area contributed by atoms with Crippen LogP contribution in [0.5, 0.6) is 0 Å². The summed E-state index contributed by atoms with van der Waals surface area (Å²) in [5.74, 6) is 0. The second kappa shape index (κ2) is 32.2. The molecule has 0 saturated heterocycles. The fourth-order valence-electron chi connectivity index (χ4n) is 15.0. The van der Waals surface area contributed by atoms with Crippen LogP contribution in [0.3, 0.4) is 0 Å². The van der Waals surface area contributed by atoms with Crippen molar-refractivity contribution in [1.82, 2.24) is 19.9 Å². The highest BCUT2D eigenvalue weighted by atomic mass is 14.8. The average molecular weight is 1330 g/mol. The molecule has 0 amide bonds. The van der Waals surface area contributed by atoms with Gasteiger partial charge in [0.1, 0.15) is 0 Å². The normalized spacial score (nSPS) is 14.6. The van der Waals surface area contributed by atoms with E-state index in [1.807, 2.05) is 55.4 Å². The first-order valence-electron chi connectivity index (χ1n) is 39.2. The average Bonchev–Trinajstić information content (AvgIpc) is 0.920. The van der Waals surface area contributed by atoms with Crippen LogP contribution in [0.25, 0.3) is 43.6 Å². The second-order valence-electron chi connectivity index (χ2n) is 36.5. The molecule has 98 heavy (non-hydrogen) atoms. The highest BCUT2D eigenvalue weighted by Crippen LogP contribution is 2.44. The number of benzene rings is 4. The molecular formula is C94H144N4. The number of fused-ring (bicyclic) bond motifs is 12. The molecule has 8 aromatic rings. The van der Waals surface area contributed by atoms with E-state index >= 15 is 0 Å². The van der Waals surface area contributed by atoms with Crippen molar-refractivity contribution >= 4 is 43.6 Å². The van der Waals surface area contributed by atoms with E-state index in [0.29, 0.717) is 0 Å². The zero-order valence-electron chi connectivity index (χ0n) is 70.3. The molecule has 0 aliphatic heterocycles. The molecule has 0 fully saturated rings. The number of rotatable bonds is 0. The molecule has 4 heterocycles. The molecule has 4 aliphatic rings. The summed E-state index contributed by atoms with van der Waals surface area (Å²) in [6, 6.07) is 19.0. The molecule has 0 atom stereocenters. The third-order valence-electron chi connectivity index (χ3n) is 20.4. The van der Waals surface area contributed by atoms with Crippen LogP contribution in [0.2, 0.25) is 0 Å². The van der Waals surface area contributed by atoms with Gasteiger partial charge in [0.05, 0.1) is 22.1 Å². The van der Waals surface area contributed by atoms with Crippen LogP contribution in [0, 0.1) is 27.7 Å². The summed E-state index contributed by atoms with van der Waals surface area (Å²) in [6.45, 7) is 80.2. The van der Waals surface area contributed by atoms with Gasteiger partial charge in [0, 0.05) is 66.0 Å². The van der Waals surface area contributed by atoms with Crippen molar-refractivity contribution in [2.45, 2.75) is 382 Å². The van der Waals surface area contributed by atoms with Crippen LogP contribution in [0.4, 0.5) is 0 Å². The number of hydrogen-bond donors (Lipinski definition) is 0. The van der Waals surface area contributed by atoms with Crippen LogP contribution in [0.15, 0.2) is 48.5 Å². The fraction of sp³-hybridized carbons (Fsp3) is 0.617. The van der Waals surface area contributed by atoms with E-state index in [9.17, 15) is 0 Å². The maximum Gasteiger partial charge on any atom is 0.0743 e. The molecular weight excluding hydrogens is 1190 g/mol. The van der Waals surface area contributed by atoms with Crippen LogP contribution in [0.1, 0.15) is 372 Å². The van der Waals surface area contributed by atoms with Gasteiger partial charge in [0.2, 0.25) is 0 Å². The number of aryl methyl sites for hydroxylation is 8. The van der Waals surface area contributed by atoms with Crippen LogP contribution in [-0.2, 0) is 94.7 Å². The van der Waals surface area contributed by atoms with Gasteiger partial charge in [0.25, 0.3) is 0 Å². The summed E-state index contributed by atoms with van der Waals surface area (Å²) >= 11 is 0. The minimum absolute atomic E-state index is 0.0840. The van der Waals surface area contributed by atoms with Gasteiger partial charge >= 0.3 is 0 Å². The molecule has 540 valence electrons. The summed E-state index contributed by atoms with van der Waals surface area (Å²) in [5.41, 5.74) is 34.9. The van der Waals surface area contributed by atoms with Crippen LogP contribution >= 0.6 is 0 Å². The first-order valence-corrected chi connectivity index (χ1v) is 39.2. The zero-order valence-corrected chi connectivity index (χ0v) is 70.3. The Kier molecular flexibility index (Phi) is 27.4. The molecule has 4 aliphatic carbocycles. The Morgan fingerprint density at radius 3 is 0.520 bits per heavy atom. The number of pyridine rings is 4. The summed E-state index contributed by atoms with van der Waals surface area (Å²) in [6.07, 6.45) is 17.5. The Morgan fingerprint density at radius 1 is 0.204 bits per heavy atom. The summed E-state index contributed by atoms with van der Waals surface area (Å²) < 4.78 is 0. The Balaban J connectivity index is 0.000000228. The lowest BCUT2D eigenvalue weighted by Crippen LogP contribution is -2.20. The van der Waals surface area contributed by atoms with Crippen LogP contribution in [-0.4, -0.2) is 19.9 Å². The Labute approximate surface area is 602 Å². The summed E-state index contributed by atoms with van der Waals surface area (Å²) in [5, 5.41) is 5.50. The van der Waals surface area contributed by atoms with Crippen molar-refractivity contribution < 1.29 is 0 Å². The van der Waals surface area contributed by atoms with E-state index in [0.717, 1.165) is 0 Å². The molecule has 4 aromatic carbocycles. The van der Waals surface area contributed by atoms with Crippen molar-refractivity contribution in [3.8, 4) is 0 Å². The standard InChI is InChI=1S/2C22H31N.2C21H29N.4C2H6/c2*1-14-12-17-18(21(2,3)4)13-19(22(5,6)7)23-20(17)16-11-9-8-10-15(14)16;2*1-13-11-16-17(20(2,3)4)12-18(21(5,6)7)22-19(16)15-10-8-9-14(13)15;4*1-2/h2*12-13H,8-11H2,1-7H3;2*11-12H,8-10H2,1-7H3;4*1-2H3. The third kappa shape index (κ3) is 18.8. The lowest BCUT2D eigenvalue weighted by Gasteiger charge is -2.28. The lowest BCUT2D eigenvalue weighted by atomic mass is 9.78. The van der Waals surface area contributed by atoms with Gasteiger partial charge in [-0.1, -0.05) is 222 Å². The molecule has 0 bridgehead atoms. The predicted molar refractivity (Wildman–Crippen MR) is 438 cm³/mol. The smallest absolute Gasteiger partial charge is 0.0743 e. The van der Waals surface area contributed by atoms with E-state index in [4.69, 9.17) is 19.9 Å². The van der Waals surface area contributed by atoms with Crippen molar-refractivity contribution in [1.29, 1.82) is 0 Å². The highest BCUT2D eigenvalue weighted by Gasteiger charge is 2.32. The minimum Gasteiger partial charge on any atom is -0.252 e. The molecule has 12 rings (SSSR count). The Bertz CT molecular complexity index is 3780. The molecule has 0 radical (unpaired) electrons. The number of aromatic nitrogens is 4. The summed E-state index contributed by atoms with van der Waals surface area (Å²) in [7, 11) is 0. The topological polar surface area (TPSA) is 51.6 Å². The first-order chi connectivity index (χ1) is 45.3. The van der Waals surface area contributed by atoms with Gasteiger partial charge in [-0.3, -0.25) is 19.9 Å². The van der Waals surface area contributed by atoms with E-state index in [1.54, 1.807) is 22.3 Å². The lowest BCUT2D eigenvalue weighted by molar-refractivity contribution is 0.557. The highest BCUT2D eigenvalue weighted by molar-refractivity contribution is 5.92. The maximum absolute atomic E-state index is 5.18. The molecule has 4 aromatic heterocycles. The van der Waals surface area contributed by atoms with Gasteiger partial charge < -0.3 is 0 Å². The minimum atomic E-state index is 0.0840. The van der Waals surface area contributed by atoms with Gasteiger partial charge in [0.15, 0.2) is 0 Å². The molecule has 0 saturated carbocycles. The van der Waals surface area contributed by atoms with Crippen LogP contribution < -0.4 is 0 Å². The SMILES string of the molecule is CC.CC.CC.CC.Cc1cc2c(C(C)(C)C)cc(C(C)(C)C)nc2c2c1CCC2.Cc1cc2c(C(C)(C)C)cc(C(C)(C)C)nc2c2c1CCC2.Cc1cc2c(C(C)(C)C)cc(C(C)(C)C)nc2c2c1CCCC2.Cc1cc2c(C(C)(C)C)cc(C(C)(C)C)nc2c2c1CCCC2. The van der Waals surface area contributed by atoms with Crippen molar-refractivity contribution in [3.05, 3.63) is 160 Å². The van der Waals surface area contributed by atoms with Gasteiger partial charge in [-0.2, -0.15) is 0 Å². The molecule has 0 spiro atoms. The fourth-order valence-corrected chi connectivity index (χ4v) is 15.0. The van der Waals surface area contributed by atoms with Crippen molar-refractivity contribution in [2.24, 2.45) is 0 Å².